The minimum absolute atomic E-state index is 0.128. The first-order valence-corrected chi connectivity index (χ1v) is 9.10. The van der Waals surface area contributed by atoms with Crippen LogP contribution in [0.15, 0.2) is 18.2 Å². The summed E-state index contributed by atoms with van der Waals surface area (Å²) in [7, 11) is -0.800. The average molecular weight is 374 g/mol. The summed E-state index contributed by atoms with van der Waals surface area (Å²) in [4.78, 5) is 23.2. The Hall–Kier alpha value is -2.33. The molecule has 1 rings (SSSR count). The van der Waals surface area contributed by atoms with Gasteiger partial charge in [-0.15, -0.1) is 0 Å². The molecule has 0 spiro atoms. The highest BCUT2D eigenvalue weighted by Crippen LogP contribution is 2.22. The van der Waals surface area contributed by atoms with Crippen molar-refractivity contribution in [3.63, 3.8) is 0 Å². The van der Waals surface area contributed by atoms with Crippen molar-refractivity contribution in [1.82, 2.24) is 10.0 Å². The van der Waals surface area contributed by atoms with Crippen molar-refractivity contribution in [3.05, 3.63) is 23.8 Å². The minimum atomic E-state index is -3.71. The second kappa shape index (κ2) is 9.84. The van der Waals surface area contributed by atoms with Crippen LogP contribution in [-0.2, 0) is 19.6 Å². The molecule has 0 radical (unpaired) electrons. The third-order valence-corrected chi connectivity index (χ3v) is 4.34. The Balaban J connectivity index is 2.55. The van der Waals surface area contributed by atoms with E-state index >= 15 is 0 Å². The van der Waals surface area contributed by atoms with Gasteiger partial charge in [0.1, 0.15) is 18.0 Å². The van der Waals surface area contributed by atoms with Gasteiger partial charge in [0.25, 0.3) is 5.91 Å². The molecule has 0 saturated heterocycles. The van der Waals surface area contributed by atoms with Crippen molar-refractivity contribution in [2.24, 2.45) is 0 Å². The van der Waals surface area contributed by atoms with Gasteiger partial charge < -0.3 is 19.5 Å². The lowest BCUT2D eigenvalue weighted by Crippen LogP contribution is -2.37. The van der Waals surface area contributed by atoms with Crippen molar-refractivity contribution in [1.29, 1.82) is 0 Å². The molecular weight excluding hydrogens is 352 g/mol. The summed E-state index contributed by atoms with van der Waals surface area (Å²) in [5.41, 5.74) is 0.271. The van der Waals surface area contributed by atoms with E-state index in [1.807, 2.05) is 0 Å². The molecule has 1 amide bonds. The summed E-state index contributed by atoms with van der Waals surface area (Å²) in [5.74, 6) is -0.642. The van der Waals surface area contributed by atoms with Gasteiger partial charge in [-0.1, -0.05) is 0 Å². The number of hydrogen-bond donors (Lipinski definition) is 2. The molecule has 0 aromatic heterocycles. The number of rotatable bonds is 10. The van der Waals surface area contributed by atoms with Gasteiger partial charge >= 0.3 is 5.97 Å². The van der Waals surface area contributed by atoms with Crippen molar-refractivity contribution in [2.45, 2.75) is 6.92 Å². The fourth-order valence-corrected chi connectivity index (χ4v) is 2.65. The number of ether oxygens (including phenoxy) is 3. The maximum atomic E-state index is 12.1. The third kappa shape index (κ3) is 7.40. The van der Waals surface area contributed by atoms with Gasteiger partial charge in [-0.05, 0) is 19.1 Å². The van der Waals surface area contributed by atoms with Crippen LogP contribution in [0.4, 0.5) is 0 Å². The number of carbonyl (C=O) groups is 2. The van der Waals surface area contributed by atoms with Gasteiger partial charge in [0.2, 0.25) is 10.0 Å². The molecule has 1 aromatic carbocycles. The molecule has 0 fully saturated rings. The minimum Gasteiger partial charge on any atom is -0.497 e. The maximum Gasteiger partial charge on any atom is 0.320 e. The summed E-state index contributed by atoms with van der Waals surface area (Å²) in [6.07, 6.45) is 0. The molecule has 0 heterocycles. The van der Waals surface area contributed by atoms with E-state index in [2.05, 4.69) is 14.8 Å². The molecular formula is C15H22N2O7S. The second-order valence-corrected chi connectivity index (χ2v) is 6.73. The fraction of sp³-hybridized carbons (Fsp3) is 0.467. The number of esters is 1. The molecule has 2 N–H and O–H groups in total. The molecule has 0 unspecified atom stereocenters. The van der Waals surface area contributed by atoms with Crippen LogP contribution >= 0.6 is 0 Å². The van der Waals surface area contributed by atoms with E-state index in [-0.39, 0.29) is 24.5 Å². The largest absolute Gasteiger partial charge is 0.497 e. The second-order valence-electron chi connectivity index (χ2n) is 4.80. The predicted molar refractivity (Wildman–Crippen MR) is 90.3 cm³/mol. The SMILES string of the molecule is CCOC(=O)CNS(=O)(=O)CCNC(=O)c1cc(OC)cc(OC)c1. The fourth-order valence-electron chi connectivity index (χ4n) is 1.79. The van der Waals surface area contributed by atoms with Gasteiger partial charge in [0.05, 0.1) is 26.6 Å². The van der Waals surface area contributed by atoms with Gasteiger partial charge in [-0.3, -0.25) is 9.59 Å². The molecule has 0 aliphatic rings. The Labute approximate surface area is 146 Å². The molecule has 0 bridgehead atoms. The van der Waals surface area contributed by atoms with Gasteiger partial charge in [-0.25, -0.2) is 13.1 Å². The predicted octanol–water partition coefficient (Wildman–Crippen LogP) is -0.0839. The molecule has 0 aliphatic carbocycles. The molecule has 9 nitrogen and oxygen atoms in total. The van der Waals surface area contributed by atoms with Gasteiger partial charge in [0.15, 0.2) is 0 Å². The topological polar surface area (TPSA) is 120 Å². The maximum absolute atomic E-state index is 12.1. The van der Waals surface area contributed by atoms with Crippen LogP contribution < -0.4 is 19.5 Å². The van der Waals surface area contributed by atoms with E-state index in [9.17, 15) is 18.0 Å². The van der Waals surface area contributed by atoms with E-state index in [4.69, 9.17) is 9.47 Å². The van der Waals surface area contributed by atoms with E-state index < -0.39 is 28.4 Å². The lowest BCUT2D eigenvalue weighted by molar-refractivity contribution is -0.141. The lowest BCUT2D eigenvalue weighted by Gasteiger charge is -2.10. The van der Waals surface area contributed by atoms with Crippen LogP contribution in [0.1, 0.15) is 17.3 Å². The molecule has 0 aliphatic heterocycles. The Morgan fingerprint density at radius 3 is 2.20 bits per heavy atom. The van der Waals surface area contributed by atoms with Crippen molar-refractivity contribution >= 4 is 21.9 Å². The number of benzene rings is 1. The molecule has 25 heavy (non-hydrogen) atoms. The van der Waals surface area contributed by atoms with Crippen LogP contribution in [0.3, 0.4) is 0 Å². The van der Waals surface area contributed by atoms with E-state index in [0.717, 1.165) is 0 Å². The van der Waals surface area contributed by atoms with Crippen LogP contribution in [0.2, 0.25) is 0 Å². The molecule has 0 atom stereocenters. The normalized spacial score (nSPS) is 10.8. The van der Waals surface area contributed by atoms with E-state index in [1.165, 1.54) is 26.4 Å². The zero-order valence-corrected chi connectivity index (χ0v) is 15.1. The number of carbonyl (C=O) groups excluding carboxylic acids is 2. The number of amides is 1. The van der Waals surface area contributed by atoms with Gasteiger partial charge in [0, 0.05) is 18.2 Å². The highest BCUT2D eigenvalue weighted by Gasteiger charge is 2.15. The molecule has 0 saturated carbocycles. The molecule has 10 heteroatoms. The standard InChI is InChI=1S/C15H22N2O7S/c1-4-24-14(18)10-17-25(20,21)6-5-16-15(19)11-7-12(22-2)9-13(8-11)23-3/h7-9,17H,4-6,10H2,1-3H3,(H,16,19). The van der Waals surface area contributed by atoms with Crippen molar-refractivity contribution in [2.75, 3.05) is 39.7 Å². The van der Waals surface area contributed by atoms with E-state index in [0.29, 0.717) is 11.5 Å². The Kier molecular flexibility index (Phi) is 8.16. The average Bonchev–Trinajstić information content (AvgIpc) is 2.59. The summed E-state index contributed by atoms with van der Waals surface area (Å²) < 4.78 is 40.4. The third-order valence-electron chi connectivity index (χ3n) is 3.01. The molecule has 140 valence electrons. The van der Waals surface area contributed by atoms with Gasteiger partial charge in [-0.2, -0.15) is 0 Å². The molecule has 1 aromatic rings. The van der Waals surface area contributed by atoms with E-state index in [1.54, 1.807) is 13.0 Å². The number of hydrogen-bond acceptors (Lipinski definition) is 7. The first kappa shape index (κ1) is 20.7. The Bertz CT molecular complexity index is 682. The summed E-state index contributed by atoms with van der Waals surface area (Å²) in [5, 5.41) is 2.49. The lowest BCUT2D eigenvalue weighted by atomic mass is 10.2. The first-order chi connectivity index (χ1) is 11.8. The van der Waals surface area contributed by atoms with Crippen LogP contribution in [-0.4, -0.2) is 60.0 Å². The summed E-state index contributed by atoms with van der Waals surface area (Å²) >= 11 is 0. The number of methoxy groups -OCH3 is 2. The van der Waals surface area contributed by atoms with Crippen molar-refractivity contribution in [3.8, 4) is 11.5 Å². The zero-order chi connectivity index (χ0) is 18.9. The highest BCUT2D eigenvalue weighted by molar-refractivity contribution is 7.89. The summed E-state index contributed by atoms with van der Waals surface area (Å²) in [6, 6.07) is 4.62. The highest BCUT2D eigenvalue weighted by atomic mass is 32.2. The Morgan fingerprint density at radius 2 is 1.68 bits per heavy atom. The Morgan fingerprint density at radius 1 is 1.08 bits per heavy atom. The summed E-state index contributed by atoms with van der Waals surface area (Å²) in [6.45, 7) is 1.21. The smallest absolute Gasteiger partial charge is 0.320 e. The number of sulfonamides is 1. The van der Waals surface area contributed by atoms with Crippen LogP contribution in [0.25, 0.3) is 0 Å². The number of nitrogens with one attached hydrogen (secondary N) is 2. The van der Waals surface area contributed by atoms with Crippen molar-refractivity contribution < 1.29 is 32.2 Å². The van der Waals surface area contributed by atoms with Crippen LogP contribution in [0.5, 0.6) is 11.5 Å². The first-order valence-electron chi connectivity index (χ1n) is 7.45. The zero-order valence-electron chi connectivity index (χ0n) is 14.3. The monoisotopic (exact) mass is 374 g/mol. The quantitative estimate of drug-likeness (QED) is 0.550. The van der Waals surface area contributed by atoms with Crippen LogP contribution in [0, 0.1) is 0 Å².